The minimum Gasteiger partial charge on any atom is -0.356 e. The zero-order valence-corrected chi connectivity index (χ0v) is 12.7. The number of hydrogen-bond acceptors (Lipinski definition) is 3. The number of carbonyl (C=O) groups excluding carboxylic acids is 2. The Morgan fingerprint density at radius 2 is 1.53 bits per heavy atom. The molecule has 0 aliphatic heterocycles. The van der Waals surface area contributed by atoms with Gasteiger partial charge in [0.25, 0.3) is 0 Å². The molecule has 0 unspecified atom stereocenters. The molecular formula is C14H29N3O2. The summed E-state index contributed by atoms with van der Waals surface area (Å²) in [7, 11) is 0. The second-order valence-corrected chi connectivity index (χ2v) is 5.51. The van der Waals surface area contributed by atoms with E-state index in [1.165, 1.54) is 0 Å². The Hall–Kier alpha value is -1.10. The van der Waals surface area contributed by atoms with Crippen LogP contribution in [0.4, 0.5) is 0 Å². The van der Waals surface area contributed by atoms with Crippen LogP contribution in [0.1, 0.15) is 47.0 Å². The fraction of sp³-hybridized carbons (Fsp3) is 0.857. The summed E-state index contributed by atoms with van der Waals surface area (Å²) in [5.41, 5.74) is 0. The smallest absolute Gasteiger partial charge is 0.221 e. The molecule has 0 aliphatic carbocycles. The van der Waals surface area contributed by atoms with Crippen LogP contribution < -0.4 is 16.0 Å². The van der Waals surface area contributed by atoms with Crippen molar-refractivity contribution in [3.05, 3.63) is 0 Å². The van der Waals surface area contributed by atoms with E-state index >= 15 is 0 Å². The highest BCUT2D eigenvalue weighted by Gasteiger charge is 2.04. The molecule has 3 N–H and O–H groups in total. The minimum atomic E-state index is -0.00419. The SMILES string of the molecule is CC(C)CNC(=O)CCNC(=O)CCCNC(C)C. The van der Waals surface area contributed by atoms with Crippen molar-refractivity contribution in [1.82, 2.24) is 16.0 Å². The van der Waals surface area contributed by atoms with E-state index in [9.17, 15) is 9.59 Å². The molecule has 19 heavy (non-hydrogen) atoms. The van der Waals surface area contributed by atoms with Crippen molar-refractivity contribution in [2.45, 2.75) is 53.0 Å². The molecule has 5 nitrogen and oxygen atoms in total. The van der Waals surface area contributed by atoms with E-state index in [-0.39, 0.29) is 11.8 Å². The summed E-state index contributed by atoms with van der Waals surface area (Å²) >= 11 is 0. The number of hydrogen-bond donors (Lipinski definition) is 3. The molecular weight excluding hydrogens is 242 g/mol. The van der Waals surface area contributed by atoms with Gasteiger partial charge in [-0.2, -0.15) is 0 Å². The minimum absolute atomic E-state index is 0.00419. The van der Waals surface area contributed by atoms with Crippen molar-refractivity contribution in [2.24, 2.45) is 5.92 Å². The predicted molar refractivity (Wildman–Crippen MR) is 77.8 cm³/mol. The summed E-state index contributed by atoms with van der Waals surface area (Å²) in [6.45, 7) is 10.2. The van der Waals surface area contributed by atoms with Gasteiger partial charge in [-0.25, -0.2) is 0 Å². The van der Waals surface area contributed by atoms with Crippen LogP contribution in [0.3, 0.4) is 0 Å². The van der Waals surface area contributed by atoms with E-state index in [1.54, 1.807) is 0 Å². The van der Waals surface area contributed by atoms with Crippen molar-refractivity contribution in [3.8, 4) is 0 Å². The molecule has 0 spiro atoms. The van der Waals surface area contributed by atoms with Gasteiger partial charge < -0.3 is 16.0 Å². The summed E-state index contributed by atoms with van der Waals surface area (Å²) in [4.78, 5) is 22.9. The standard InChI is InChI=1S/C14H29N3O2/c1-11(2)10-17-14(19)7-9-16-13(18)6-5-8-15-12(3)4/h11-12,15H,5-10H2,1-4H3,(H,16,18)(H,17,19). The van der Waals surface area contributed by atoms with E-state index in [2.05, 4.69) is 29.8 Å². The van der Waals surface area contributed by atoms with Gasteiger partial charge in [-0.1, -0.05) is 27.7 Å². The molecule has 0 atom stereocenters. The van der Waals surface area contributed by atoms with Gasteiger partial charge in [-0.3, -0.25) is 9.59 Å². The van der Waals surface area contributed by atoms with Crippen LogP contribution in [-0.2, 0) is 9.59 Å². The number of rotatable bonds is 10. The lowest BCUT2D eigenvalue weighted by Crippen LogP contribution is -2.32. The highest BCUT2D eigenvalue weighted by atomic mass is 16.2. The first-order valence-corrected chi connectivity index (χ1v) is 7.18. The summed E-state index contributed by atoms with van der Waals surface area (Å²) in [5, 5.41) is 8.84. The first-order valence-electron chi connectivity index (χ1n) is 7.18. The Bertz CT molecular complexity index is 265. The largest absolute Gasteiger partial charge is 0.356 e. The van der Waals surface area contributed by atoms with Gasteiger partial charge in [0.1, 0.15) is 0 Å². The van der Waals surface area contributed by atoms with Gasteiger partial charge in [-0.05, 0) is 18.9 Å². The molecule has 0 radical (unpaired) electrons. The zero-order valence-electron chi connectivity index (χ0n) is 12.7. The summed E-state index contributed by atoms with van der Waals surface area (Å²) in [5.74, 6) is 0.463. The van der Waals surface area contributed by atoms with Gasteiger partial charge in [0.2, 0.25) is 11.8 Å². The first-order chi connectivity index (χ1) is 8.91. The second-order valence-electron chi connectivity index (χ2n) is 5.51. The Labute approximate surface area is 116 Å². The zero-order chi connectivity index (χ0) is 14.7. The molecule has 0 fully saturated rings. The average molecular weight is 271 g/mol. The summed E-state index contributed by atoms with van der Waals surface area (Å²) in [6, 6.07) is 0.452. The first kappa shape index (κ1) is 17.9. The molecule has 112 valence electrons. The lowest BCUT2D eigenvalue weighted by Gasteiger charge is -2.09. The molecule has 0 rings (SSSR count). The number of amides is 2. The maximum absolute atomic E-state index is 11.5. The van der Waals surface area contributed by atoms with Crippen molar-refractivity contribution in [3.63, 3.8) is 0 Å². The van der Waals surface area contributed by atoms with E-state index in [0.29, 0.717) is 37.9 Å². The molecule has 5 heteroatoms. The van der Waals surface area contributed by atoms with Gasteiger partial charge in [0, 0.05) is 32.0 Å². The third-order valence-electron chi connectivity index (χ3n) is 2.51. The Kier molecular flexibility index (Phi) is 10.2. The predicted octanol–water partition coefficient (Wildman–Crippen LogP) is 1.04. The molecule has 2 amide bonds. The molecule has 0 aromatic carbocycles. The second kappa shape index (κ2) is 10.8. The maximum Gasteiger partial charge on any atom is 0.221 e. The Morgan fingerprint density at radius 1 is 0.895 bits per heavy atom. The molecule has 0 aromatic rings. The van der Waals surface area contributed by atoms with Crippen molar-refractivity contribution in [2.75, 3.05) is 19.6 Å². The molecule has 0 aromatic heterocycles. The van der Waals surface area contributed by atoms with E-state index in [0.717, 1.165) is 13.0 Å². The van der Waals surface area contributed by atoms with Gasteiger partial charge >= 0.3 is 0 Å². The van der Waals surface area contributed by atoms with Crippen LogP contribution in [0, 0.1) is 5.92 Å². The normalized spacial score (nSPS) is 10.8. The fourth-order valence-electron chi connectivity index (χ4n) is 1.45. The summed E-state index contributed by atoms with van der Waals surface area (Å²) < 4.78 is 0. The van der Waals surface area contributed by atoms with Crippen LogP contribution in [-0.4, -0.2) is 37.5 Å². The summed E-state index contributed by atoms with van der Waals surface area (Å²) in [6.07, 6.45) is 1.68. The third kappa shape index (κ3) is 13.1. The van der Waals surface area contributed by atoms with E-state index in [1.807, 2.05) is 13.8 Å². The van der Waals surface area contributed by atoms with Crippen molar-refractivity contribution in [1.29, 1.82) is 0 Å². The van der Waals surface area contributed by atoms with Crippen LogP contribution >= 0.6 is 0 Å². The highest BCUT2D eigenvalue weighted by Crippen LogP contribution is 1.90. The third-order valence-corrected chi connectivity index (χ3v) is 2.51. The van der Waals surface area contributed by atoms with Crippen LogP contribution in [0.25, 0.3) is 0 Å². The number of carbonyl (C=O) groups is 2. The maximum atomic E-state index is 11.5. The molecule has 0 saturated heterocycles. The Balaban J connectivity index is 3.45. The average Bonchev–Trinajstić information content (AvgIpc) is 2.32. The van der Waals surface area contributed by atoms with Crippen LogP contribution in [0.5, 0.6) is 0 Å². The quantitative estimate of drug-likeness (QED) is 0.520. The van der Waals surface area contributed by atoms with Crippen molar-refractivity contribution < 1.29 is 9.59 Å². The molecule has 0 bridgehead atoms. The highest BCUT2D eigenvalue weighted by molar-refractivity contribution is 5.78. The van der Waals surface area contributed by atoms with Crippen LogP contribution in [0.15, 0.2) is 0 Å². The molecule has 0 aliphatic rings. The fourth-order valence-corrected chi connectivity index (χ4v) is 1.45. The lowest BCUT2D eigenvalue weighted by molar-refractivity contribution is -0.122. The monoisotopic (exact) mass is 271 g/mol. The van der Waals surface area contributed by atoms with Gasteiger partial charge in [0.05, 0.1) is 0 Å². The Morgan fingerprint density at radius 3 is 2.11 bits per heavy atom. The van der Waals surface area contributed by atoms with Crippen LogP contribution in [0.2, 0.25) is 0 Å². The van der Waals surface area contributed by atoms with Gasteiger partial charge in [-0.15, -0.1) is 0 Å². The van der Waals surface area contributed by atoms with Gasteiger partial charge in [0.15, 0.2) is 0 Å². The topological polar surface area (TPSA) is 70.2 Å². The number of nitrogens with one attached hydrogen (secondary N) is 3. The van der Waals surface area contributed by atoms with Crippen molar-refractivity contribution >= 4 is 11.8 Å². The lowest BCUT2D eigenvalue weighted by atomic mass is 10.2. The van der Waals surface area contributed by atoms with E-state index in [4.69, 9.17) is 0 Å². The van der Waals surface area contributed by atoms with E-state index < -0.39 is 0 Å². The molecule has 0 saturated carbocycles. The molecule has 0 heterocycles.